The summed E-state index contributed by atoms with van der Waals surface area (Å²) in [5.74, 6) is -1.38. The van der Waals surface area contributed by atoms with Gasteiger partial charge in [0.15, 0.2) is 5.15 Å². The lowest BCUT2D eigenvalue weighted by Gasteiger charge is -2.18. The van der Waals surface area contributed by atoms with Crippen molar-refractivity contribution in [1.29, 1.82) is 0 Å². The van der Waals surface area contributed by atoms with E-state index in [4.69, 9.17) is 16.7 Å². The van der Waals surface area contributed by atoms with Gasteiger partial charge in [-0.1, -0.05) is 11.6 Å². The first-order chi connectivity index (χ1) is 9.97. The molecule has 1 aliphatic rings. The Kier molecular flexibility index (Phi) is 4.37. The molecule has 0 aromatic carbocycles. The van der Waals surface area contributed by atoms with E-state index in [9.17, 15) is 26.4 Å². The zero-order valence-corrected chi connectivity index (χ0v) is 12.5. The number of nitrogens with two attached hydrogens (primary N) is 1. The molecular formula is C11H11ClF3N3O3S. The lowest BCUT2D eigenvalue weighted by atomic mass is 10.1. The van der Waals surface area contributed by atoms with E-state index >= 15 is 0 Å². The Morgan fingerprint density at radius 1 is 1.41 bits per heavy atom. The zero-order chi connectivity index (χ0) is 16.7. The van der Waals surface area contributed by atoms with Crippen LogP contribution in [0.4, 0.5) is 18.9 Å². The van der Waals surface area contributed by atoms with Crippen LogP contribution in [0.2, 0.25) is 5.15 Å². The molecule has 6 nitrogen and oxygen atoms in total. The number of pyridine rings is 1. The second-order valence-electron chi connectivity index (χ2n) is 4.91. The summed E-state index contributed by atoms with van der Waals surface area (Å²) < 4.78 is 59.6. The largest absolute Gasteiger partial charge is 0.433 e. The SMILES string of the molecule is NS(=O)(=O)CC1CC(=O)N(c2ccc(C(F)(F)F)nc2Cl)C1. The number of aromatic nitrogens is 1. The third kappa shape index (κ3) is 3.87. The molecule has 0 bridgehead atoms. The molecule has 0 saturated carbocycles. The summed E-state index contributed by atoms with van der Waals surface area (Å²) in [6.45, 7) is 0.00201. The number of alkyl halides is 3. The fraction of sp³-hybridized carbons (Fsp3) is 0.455. The first-order valence-corrected chi connectivity index (χ1v) is 8.11. The number of primary sulfonamides is 1. The molecule has 2 rings (SSSR count). The Hall–Kier alpha value is -1.39. The van der Waals surface area contributed by atoms with Crippen LogP contribution in [0.5, 0.6) is 0 Å². The molecule has 22 heavy (non-hydrogen) atoms. The van der Waals surface area contributed by atoms with Crippen LogP contribution in [-0.2, 0) is 21.0 Å². The van der Waals surface area contributed by atoms with Crippen molar-refractivity contribution >= 4 is 33.2 Å². The van der Waals surface area contributed by atoms with Crippen molar-refractivity contribution in [3.05, 3.63) is 23.0 Å². The third-order valence-electron chi connectivity index (χ3n) is 3.08. The normalized spacial score (nSPS) is 19.8. The number of amides is 1. The quantitative estimate of drug-likeness (QED) is 0.827. The fourth-order valence-electron chi connectivity index (χ4n) is 2.24. The molecule has 0 radical (unpaired) electrons. The molecule has 0 aliphatic carbocycles. The van der Waals surface area contributed by atoms with Crippen LogP contribution < -0.4 is 10.0 Å². The van der Waals surface area contributed by atoms with Gasteiger partial charge in [0, 0.05) is 18.9 Å². The number of nitrogens with zero attached hydrogens (tertiary/aromatic N) is 2. The highest BCUT2D eigenvalue weighted by atomic mass is 35.5. The van der Waals surface area contributed by atoms with Gasteiger partial charge in [-0.3, -0.25) is 4.79 Å². The number of rotatable bonds is 3. The molecule has 2 N–H and O–H groups in total. The van der Waals surface area contributed by atoms with E-state index in [1.807, 2.05) is 0 Å². The summed E-state index contributed by atoms with van der Waals surface area (Å²) in [7, 11) is -3.75. The van der Waals surface area contributed by atoms with E-state index in [-0.39, 0.29) is 24.4 Å². The number of carbonyl (C=O) groups excluding carboxylic acids is 1. The van der Waals surface area contributed by atoms with Crippen LogP contribution in [0.15, 0.2) is 12.1 Å². The lowest BCUT2D eigenvalue weighted by Crippen LogP contribution is -2.28. The van der Waals surface area contributed by atoms with E-state index in [0.717, 1.165) is 11.0 Å². The molecule has 1 aliphatic heterocycles. The van der Waals surface area contributed by atoms with Crippen molar-refractivity contribution in [1.82, 2.24) is 4.98 Å². The minimum atomic E-state index is -4.65. The van der Waals surface area contributed by atoms with Gasteiger partial charge in [0.05, 0.1) is 11.4 Å². The average molecular weight is 358 g/mol. The minimum Gasteiger partial charge on any atom is -0.309 e. The van der Waals surface area contributed by atoms with E-state index in [0.29, 0.717) is 6.07 Å². The van der Waals surface area contributed by atoms with Crippen molar-refractivity contribution in [2.45, 2.75) is 12.6 Å². The summed E-state index contributed by atoms with van der Waals surface area (Å²) in [5.41, 5.74) is -1.16. The Balaban J connectivity index is 2.24. The van der Waals surface area contributed by atoms with E-state index < -0.39 is 38.9 Å². The number of anilines is 1. The Labute approximate surface area is 129 Å². The maximum absolute atomic E-state index is 12.5. The highest BCUT2D eigenvalue weighted by molar-refractivity contribution is 7.89. The number of hydrogen-bond donors (Lipinski definition) is 1. The van der Waals surface area contributed by atoms with Gasteiger partial charge in [-0.25, -0.2) is 18.5 Å². The Bertz CT molecular complexity index is 708. The third-order valence-corrected chi connectivity index (χ3v) is 4.30. The van der Waals surface area contributed by atoms with E-state index in [1.165, 1.54) is 0 Å². The molecule has 1 unspecified atom stereocenters. The lowest BCUT2D eigenvalue weighted by molar-refractivity contribution is -0.141. The van der Waals surface area contributed by atoms with Gasteiger partial charge in [-0.15, -0.1) is 0 Å². The molecule has 0 spiro atoms. The minimum absolute atomic E-state index is 0.00201. The summed E-state index contributed by atoms with van der Waals surface area (Å²) in [6, 6.07) is 1.75. The van der Waals surface area contributed by atoms with Crippen molar-refractivity contribution in [3.63, 3.8) is 0 Å². The summed E-state index contributed by atoms with van der Waals surface area (Å²) in [4.78, 5) is 16.2. The van der Waals surface area contributed by atoms with Crippen LogP contribution in [0.25, 0.3) is 0 Å². The highest BCUT2D eigenvalue weighted by Gasteiger charge is 2.36. The Morgan fingerprint density at radius 2 is 2.05 bits per heavy atom. The first-order valence-electron chi connectivity index (χ1n) is 6.02. The second kappa shape index (κ2) is 5.67. The Morgan fingerprint density at radius 3 is 2.55 bits per heavy atom. The van der Waals surface area contributed by atoms with Crippen molar-refractivity contribution in [3.8, 4) is 0 Å². The molecule has 122 valence electrons. The van der Waals surface area contributed by atoms with Crippen LogP contribution in [0, 0.1) is 5.92 Å². The van der Waals surface area contributed by atoms with Crippen LogP contribution in [0.3, 0.4) is 0 Å². The van der Waals surface area contributed by atoms with Gasteiger partial charge in [0.25, 0.3) is 0 Å². The van der Waals surface area contributed by atoms with Crippen molar-refractivity contribution in [2.75, 3.05) is 17.2 Å². The van der Waals surface area contributed by atoms with Gasteiger partial charge in [-0.05, 0) is 12.1 Å². The van der Waals surface area contributed by atoms with Crippen LogP contribution in [0.1, 0.15) is 12.1 Å². The number of halogens is 4. The molecule has 2 heterocycles. The predicted octanol–water partition coefficient (Wildman–Crippen LogP) is 1.40. The fourth-order valence-corrected chi connectivity index (χ4v) is 3.38. The molecule has 1 saturated heterocycles. The standard InChI is InChI=1S/C11H11ClF3N3O3S/c12-10-7(1-2-8(17-10)11(13,14)15)18-4-6(3-9(18)19)5-22(16,20)21/h1-2,6H,3-5H2,(H2,16,20,21). The molecular weight excluding hydrogens is 347 g/mol. The number of carbonyl (C=O) groups is 1. The summed E-state index contributed by atoms with van der Waals surface area (Å²) in [6.07, 6.45) is -4.72. The van der Waals surface area contributed by atoms with Gasteiger partial charge in [-0.2, -0.15) is 13.2 Å². The van der Waals surface area contributed by atoms with Crippen LogP contribution >= 0.6 is 11.6 Å². The van der Waals surface area contributed by atoms with Gasteiger partial charge in [0.2, 0.25) is 15.9 Å². The second-order valence-corrected chi connectivity index (χ2v) is 6.93. The zero-order valence-electron chi connectivity index (χ0n) is 11.0. The van der Waals surface area contributed by atoms with Crippen molar-refractivity contribution < 1.29 is 26.4 Å². The average Bonchev–Trinajstić information content (AvgIpc) is 2.66. The van der Waals surface area contributed by atoms with Gasteiger partial charge >= 0.3 is 6.18 Å². The predicted molar refractivity (Wildman–Crippen MR) is 72.7 cm³/mol. The molecule has 1 fully saturated rings. The first kappa shape index (κ1) is 17.0. The highest BCUT2D eigenvalue weighted by Crippen LogP contribution is 2.34. The maximum atomic E-state index is 12.5. The summed E-state index contributed by atoms with van der Waals surface area (Å²) in [5, 5.41) is 4.45. The molecule has 11 heteroatoms. The van der Waals surface area contributed by atoms with Gasteiger partial charge < -0.3 is 4.90 Å². The number of hydrogen-bond acceptors (Lipinski definition) is 4. The van der Waals surface area contributed by atoms with Crippen LogP contribution in [-0.4, -0.2) is 31.6 Å². The summed E-state index contributed by atoms with van der Waals surface area (Å²) >= 11 is 5.71. The molecule has 1 aromatic heterocycles. The molecule has 1 aromatic rings. The molecule has 1 atom stereocenters. The molecule has 1 amide bonds. The smallest absolute Gasteiger partial charge is 0.309 e. The van der Waals surface area contributed by atoms with Crippen molar-refractivity contribution in [2.24, 2.45) is 11.1 Å². The maximum Gasteiger partial charge on any atom is 0.433 e. The van der Waals surface area contributed by atoms with Gasteiger partial charge in [0.1, 0.15) is 5.69 Å². The monoisotopic (exact) mass is 357 g/mol. The number of sulfonamides is 1. The topological polar surface area (TPSA) is 93.4 Å². The van der Waals surface area contributed by atoms with E-state index in [1.54, 1.807) is 0 Å². The van der Waals surface area contributed by atoms with E-state index in [2.05, 4.69) is 4.98 Å².